The summed E-state index contributed by atoms with van der Waals surface area (Å²) in [6.07, 6.45) is 0. The molecule has 190 valence electrons. The Morgan fingerprint density at radius 2 is 1.59 bits per heavy atom. The van der Waals surface area contributed by atoms with Crippen LogP contribution in [-0.2, 0) is 4.79 Å². The zero-order chi connectivity index (χ0) is 26.5. The summed E-state index contributed by atoms with van der Waals surface area (Å²) in [5, 5.41) is 7.74. The number of benzene rings is 3. The van der Waals surface area contributed by atoms with Crippen molar-refractivity contribution in [2.45, 2.75) is 27.7 Å². The average molecular weight is 499 g/mol. The van der Waals surface area contributed by atoms with Crippen molar-refractivity contribution in [1.29, 1.82) is 0 Å². The molecule has 1 aromatic heterocycles. The Morgan fingerprint density at radius 1 is 0.946 bits per heavy atom. The predicted molar refractivity (Wildman–Crippen MR) is 144 cm³/mol. The fraction of sp³-hybridized carbons (Fsp3) is 0.233. The van der Waals surface area contributed by atoms with Crippen molar-refractivity contribution in [2.75, 3.05) is 18.4 Å². The molecule has 0 radical (unpaired) electrons. The van der Waals surface area contributed by atoms with Crippen LogP contribution in [0.25, 0.3) is 16.8 Å². The molecule has 0 spiro atoms. The van der Waals surface area contributed by atoms with E-state index in [1.54, 1.807) is 10.7 Å². The van der Waals surface area contributed by atoms with E-state index in [-0.39, 0.29) is 18.0 Å². The van der Waals surface area contributed by atoms with Crippen molar-refractivity contribution in [3.63, 3.8) is 0 Å². The van der Waals surface area contributed by atoms with Gasteiger partial charge < -0.3 is 10.2 Å². The van der Waals surface area contributed by atoms with Crippen LogP contribution in [0.2, 0.25) is 0 Å². The molecule has 0 saturated heterocycles. The molecule has 1 N–H and O–H groups in total. The third-order valence-corrected chi connectivity index (χ3v) is 5.97. The van der Waals surface area contributed by atoms with E-state index in [1.165, 1.54) is 23.1 Å². The highest BCUT2D eigenvalue weighted by molar-refractivity contribution is 6.01. The monoisotopic (exact) mass is 498 g/mol. The van der Waals surface area contributed by atoms with Crippen LogP contribution in [-0.4, -0.2) is 39.6 Å². The SMILES string of the molecule is Cc1ccc(-n2nc(C)c(-c3ccccc3)c2NC(=O)CN(CC(C)C)C(=O)c2ccccc2F)cc1. The molecule has 1 heterocycles. The lowest BCUT2D eigenvalue weighted by Crippen LogP contribution is -2.40. The van der Waals surface area contributed by atoms with Crippen LogP contribution in [0.1, 0.15) is 35.5 Å². The number of amides is 2. The first-order chi connectivity index (χ1) is 17.7. The van der Waals surface area contributed by atoms with Gasteiger partial charge in [-0.2, -0.15) is 5.10 Å². The van der Waals surface area contributed by atoms with E-state index in [1.807, 2.05) is 82.3 Å². The molecule has 6 nitrogen and oxygen atoms in total. The second kappa shape index (κ2) is 11.2. The van der Waals surface area contributed by atoms with Crippen LogP contribution in [0.4, 0.5) is 10.2 Å². The molecule has 37 heavy (non-hydrogen) atoms. The Hall–Kier alpha value is -4.26. The van der Waals surface area contributed by atoms with Gasteiger partial charge in [-0.15, -0.1) is 0 Å². The van der Waals surface area contributed by atoms with Crippen LogP contribution in [0.15, 0.2) is 78.9 Å². The molecule has 2 amide bonds. The van der Waals surface area contributed by atoms with Gasteiger partial charge in [-0.25, -0.2) is 9.07 Å². The number of anilines is 1. The van der Waals surface area contributed by atoms with Crippen molar-refractivity contribution in [3.8, 4) is 16.8 Å². The smallest absolute Gasteiger partial charge is 0.257 e. The lowest BCUT2D eigenvalue weighted by Gasteiger charge is -2.24. The molecule has 0 fully saturated rings. The maximum absolute atomic E-state index is 14.4. The molecule has 0 aliphatic rings. The molecule has 0 unspecified atom stereocenters. The Balaban J connectivity index is 1.69. The molecule has 3 aromatic carbocycles. The zero-order valence-electron chi connectivity index (χ0n) is 21.5. The molecule has 4 aromatic rings. The highest BCUT2D eigenvalue weighted by Crippen LogP contribution is 2.33. The molecule has 0 saturated carbocycles. The Morgan fingerprint density at radius 3 is 2.24 bits per heavy atom. The summed E-state index contributed by atoms with van der Waals surface area (Å²) in [6, 6.07) is 23.4. The van der Waals surface area contributed by atoms with Crippen molar-refractivity contribution in [3.05, 3.63) is 102 Å². The molecular formula is C30H31FN4O2. The first-order valence-electron chi connectivity index (χ1n) is 12.3. The van der Waals surface area contributed by atoms with E-state index in [4.69, 9.17) is 5.10 Å². The quantitative estimate of drug-likeness (QED) is 0.322. The lowest BCUT2D eigenvalue weighted by atomic mass is 10.1. The molecule has 0 atom stereocenters. The van der Waals surface area contributed by atoms with Gasteiger partial charge in [-0.1, -0.05) is 74.0 Å². The van der Waals surface area contributed by atoms with Gasteiger partial charge in [0.05, 0.1) is 16.9 Å². The minimum atomic E-state index is -0.610. The van der Waals surface area contributed by atoms with Crippen molar-refractivity contribution >= 4 is 17.6 Å². The number of nitrogens with one attached hydrogen (secondary N) is 1. The highest BCUT2D eigenvalue weighted by Gasteiger charge is 2.25. The van der Waals surface area contributed by atoms with Gasteiger partial charge in [0, 0.05) is 12.1 Å². The summed E-state index contributed by atoms with van der Waals surface area (Å²) in [6.45, 7) is 7.88. The third-order valence-electron chi connectivity index (χ3n) is 5.97. The van der Waals surface area contributed by atoms with Gasteiger partial charge in [-0.05, 0) is 49.6 Å². The van der Waals surface area contributed by atoms with Gasteiger partial charge in [0.2, 0.25) is 5.91 Å². The maximum Gasteiger partial charge on any atom is 0.257 e. The second-order valence-corrected chi connectivity index (χ2v) is 9.53. The summed E-state index contributed by atoms with van der Waals surface area (Å²) >= 11 is 0. The number of hydrogen-bond acceptors (Lipinski definition) is 3. The molecule has 0 aliphatic carbocycles. The van der Waals surface area contributed by atoms with Gasteiger partial charge in [0.25, 0.3) is 5.91 Å². The topological polar surface area (TPSA) is 67.2 Å². The molecule has 0 aliphatic heterocycles. The summed E-state index contributed by atoms with van der Waals surface area (Å²) in [4.78, 5) is 28.0. The predicted octanol–water partition coefficient (Wildman–Crippen LogP) is 6.03. The Bertz CT molecular complexity index is 1400. The standard InChI is InChI=1S/C30H31FN4O2/c1-20(2)18-34(30(37)25-12-8-9-13-26(25)31)19-27(36)32-29-28(23-10-6-5-7-11-23)22(4)33-35(29)24-16-14-21(3)15-17-24/h5-17,20H,18-19H2,1-4H3,(H,32,36). The number of carbonyl (C=O) groups is 2. The van der Waals surface area contributed by atoms with Crippen molar-refractivity contribution in [1.82, 2.24) is 14.7 Å². The Kier molecular flexibility index (Phi) is 7.82. The average Bonchev–Trinajstić information content (AvgIpc) is 3.19. The van der Waals surface area contributed by atoms with Crippen LogP contribution in [0.3, 0.4) is 0 Å². The number of nitrogens with zero attached hydrogens (tertiary/aromatic N) is 3. The minimum absolute atomic E-state index is 0.0542. The van der Waals surface area contributed by atoms with Crippen LogP contribution in [0, 0.1) is 25.6 Å². The van der Waals surface area contributed by atoms with E-state index in [9.17, 15) is 14.0 Å². The summed E-state index contributed by atoms with van der Waals surface area (Å²) in [5.74, 6) is -0.922. The molecular weight excluding hydrogens is 467 g/mol. The number of aromatic nitrogens is 2. The Labute approximate surface area is 216 Å². The molecule has 4 rings (SSSR count). The van der Waals surface area contributed by atoms with Crippen LogP contribution in [0.5, 0.6) is 0 Å². The maximum atomic E-state index is 14.4. The van der Waals surface area contributed by atoms with E-state index in [0.29, 0.717) is 12.4 Å². The normalized spacial score (nSPS) is 11.0. The van der Waals surface area contributed by atoms with Gasteiger partial charge in [0.1, 0.15) is 18.2 Å². The number of aryl methyl sites for hydroxylation is 2. The van der Waals surface area contributed by atoms with E-state index in [0.717, 1.165) is 28.1 Å². The number of hydrogen-bond donors (Lipinski definition) is 1. The molecule has 0 bridgehead atoms. The summed E-state index contributed by atoms with van der Waals surface area (Å²) in [7, 11) is 0. The summed E-state index contributed by atoms with van der Waals surface area (Å²) < 4.78 is 16.1. The fourth-order valence-corrected chi connectivity index (χ4v) is 4.28. The fourth-order valence-electron chi connectivity index (χ4n) is 4.28. The zero-order valence-corrected chi connectivity index (χ0v) is 21.5. The highest BCUT2D eigenvalue weighted by atomic mass is 19.1. The number of halogens is 1. The van der Waals surface area contributed by atoms with Gasteiger partial charge in [0.15, 0.2) is 0 Å². The van der Waals surface area contributed by atoms with Gasteiger partial charge >= 0.3 is 0 Å². The number of carbonyl (C=O) groups excluding carboxylic acids is 2. The first kappa shape index (κ1) is 25.8. The largest absolute Gasteiger partial charge is 0.329 e. The summed E-state index contributed by atoms with van der Waals surface area (Å²) in [5.41, 5.74) is 4.32. The lowest BCUT2D eigenvalue weighted by molar-refractivity contribution is -0.117. The third kappa shape index (κ3) is 5.94. The first-order valence-corrected chi connectivity index (χ1v) is 12.3. The second-order valence-electron chi connectivity index (χ2n) is 9.53. The van der Waals surface area contributed by atoms with E-state index >= 15 is 0 Å². The van der Waals surface area contributed by atoms with E-state index < -0.39 is 17.6 Å². The minimum Gasteiger partial charge on any atom is -0.329 e. The molecule has 7 heteroatoms. The van der Waals surface area contributed by atoms with E-state index in [2.05, 4.69) is 5.32 Å². The van der Waals surface area contributed by atoms with Gasteiger partial charge in [-0.3, -0.25) is 9.59 Å². The number of rotatable bonds is 8. The van der Waals surface area contributed by atoms with Crippen molar-refractivity contribution in [2.24, 2.45) is 5.92 Å². The van der Waals surface area contributed by atoms with Crippen LogP contribution < -0.4 is 5.32 Å². The van der Waals surface area contributed by atoms with Crippen LogP contribution >= 0.6 is 0 Å². The van der Waals surface area contributed by atoms with Crippen molar-refractivity contribution < 1.29 is 14.0 Å².